The molecule has 1 aromatic heterocycles. The van der Waals surface area contributed by atoms with Crippen molar-refractivity contribution in [2.75, 3.05) is 20.1 Å². The minimum absolute atomic E-state index is 0.194. The Hall–Kier alpha value is -2.54. The monoisotopic (exact) mass is 464 g/mol. The predicted octanol–water partition coefficient (Wildman–Crippen LogP) is 5.85. The summed E-state index contributed by atoms with van der Waals surface area (Å²) in [5.74, 6) is -0.349. The first-order chi connectivity index (χ1) is 15.8. The average Bonchev–Trinajstić information content (AvgIpc) is 3.20. The number of ether oxygens (including phenoxy) is 2. The molecule has 2 heterocycles. The number of carbonyl (C=O) groups is 1. The summed E-state index contributed by atoms with van der Waals surface area (Å²) >= 11 is 1.68. The van der Waals surface area contributed by atoms with Gasteiger partial charge in [0.1, 0.15) is 16.7 Å². The largest absolute Gasteiger partial charge is 0.457 e. The van der Waals surface area contributed by atoms with Crippen molar-refractivity contribution in [1.29, 1.82) is 0 Å². The molecule has 3 aromatic rings. The van der Waals surface area contributed by atoms with E-state index in [0.717, 1.165) is 52.3 Å². The van der Waals surface area contributed by atoms with Crippen molar-refractivity contribution in [1.82, 2.24) is 9.88 Å². The quantitative estimate of drug-likeness (QED) is 0.338. The van der Waals surface area contributed by atoms with Gasteiger partial charge in [-0.15, -0.1) is 11.3 Å². The first-order valence-electron chi connectivity index (χ1n) is 11.5. The summed E-state index contributed by atoms with van der Waals surface area (Å²) in [5.41, 5.74) is 2.45. The summed E-state index contributed by atoms with van der Waals surface area (Å²) in [6.07, 6.45) is 5.24. The molecule has 1 aliphatic heterocycles. The van der Waals surface area contributed by atoms with Crippen LogP contribution < -0.4 is 0 Å². The summed E-state index contributed by atoms with van der Waals surface area (Å²) in [7, 11) is 2.15. The standard InChI is InChI=1S/C27H32N2O3S/c1-27(2,3)32-24(30)13-12-19-8-7-9-20(18-19)25(31-21-14-16-29(4)17-15-21)26-28-22-10-5-6-11-23(22)33-26/h5-13,18,21,25H,14-17H2,1-4H3/b13-12+. The Morgan fingerprint density at radius 2 is 1.91 bits per heavy atom. The van der Waals surface area contributed by atoms with Gasteiger partial charge in [-0.25, -0.2) is 9.78 Å². The van der Waals surface area contributed by atoms with E-state index in [1.165, 1.54) is 6.08 Å². The fraction of sp³-hybridized carbons (Fsp3) is 0.407. The van der Waals surface area contributed by atoms with E-state index < -0.39 is 5.60 Å². The topological polar surface area (TPSA) is 51.7 Å². The molecule has 1 aliphatic rings. The highest BCUT2D eigenvalue weighted by Crippen LogP contribution is 2.35. The number of benzene rings is 2. The van der Waals surface area contributed by atoms with Crippen LogP contribution in [0.4, 0.5) is 0 Å². The van der Waals surface area contributed by atoms with E-state index in [9.17, 15) is 4.79 Å². The van der Waals surface area contributed by atoms with Crippen LogP contribution in [0.2, 0.25) is 0 Å². The van der Waals surface area contributed by atoms with Crippen LogP contribution in [-0.4, -0.2) is 47.7 Å². The van der Waals surface area contributed by atoms with E-state index in [1.54, 1.807) is 17.4 Å². The Bertz CT molecular complexity index is 1090. The first kappa shape index (κ1) is 23.6. The smallest absolute Gasteiger partial charge is 0.331 e. The molecule has 2 aromatic carbocycles. The van der Waals surface area contributed by atoms with Crippen LogP contribution in [0.3, 0.4) is 0 Å². The predicted molar refractivity (Wildman–Crippen MR) is 134 cm³/mol. The number of aromatic nitrogens is 1. The zero-order valence-electron chi connectivity index (χ0n) is 19.8. The van der Waals surface area contributed by atoms with E-state index in [1.807, 2.05) is 51.1 Å². The highest BCUT2D eigenvalue weighted by Gasteiger charge is 2.26. The maximum absolute atomic E-state index is 12.1. The fourth-order valence-corrected chi connectivity index (χ4v) is 4.95. The van der Waals surface area contributed by atoms with Gasteiger partial charge in [0, 0.05) is 19.2 Å². The molecule has 0 N–H and O–H groups in total. The highest BCUT2D eigenvalue weighted by atomic mass is 32.1. The van der Waals surface area contributed by atoms with Gasteiger partial charge in [0.15, 0.2) is 0 Å². The molecule has 1 saturated heterocycles. The van der Waals surface area contributed by atoms with Crippen LogP contribution >= 0.6 is 11.3 Å². The molecule has 0 radical (unpaired) electrons. The molecule has 1 unspecified atom stereocenters. The zero-order chi connectivity index (χ0) is 23.4. The maximum atomic E-state index is 12.1. The minimum Gasteiger partial charge on any atom is -0.457 e. The number of rotatable bonds is 6. The average molecular weight is 465 g/mol. The molecular weight excluding hydrogens is 432 g/mol. The van der Waals surface area contributed by atoms with Crippen molar-refractivity contribution < 1.29 is 14.3 Å². The van der Waals surface area contributed by atoms with Gasteiger partial charge in [-0.05, 0) is 76.1 Å². The van der Waals surface area contributed by atoms with E-state index >= 15 is 0 Å². The Balaban J connectivity index is 1.61. The molecule has 33 heavy (non-hydrogen) atoms. The molecule has 6 heteroatoms. The molecule has 1 atom stereocenters. The fourth-order valence-electron chi connectivity index (χ4n) is 3.92. The van der Waals surface area contributed by atoms with E-state index in [4.69, 9.17) is 14.5 Å². The summed E-state index contributed by atoms with van der Waals surface area (Å²) < 4.78 is 13.2. The van der Waals surface area contributed by atoms with Gasteiger partial charge in [-0.2, -0.15) is 0 Å². The van der Waals surface area contributed by atoms with Crippen molar-refractivity contribution in [3.05, 3.63) is 70.7 Å². The Labute approximate surface area is 200 Å². The number of thiazole rings is 1. The molecular formula is C27H32N2O3S. The Morgan fingerprint density at radius 1 is 1.15 bits per heavy atom. The molecule has 1 fully saturated rings. The molecule has 4 rings (SSSR count). The number of piperidine rings is 1. The molecule has 0 bridgehead atoms. The highest BCUT2D eigenvalue weighted by molar-refractivity contribution is 7.18. The third kappa shape index (κ3) is 6.50. The van der Waals surface area contributed by atoms with Gasteiger partial charge in [-0.1, -0.05) is 30.3 Å². The van der Waals surface area contributed by atoms with E-state index in [-0.39, 0.29) is 18.2 Å². The summed E-state index contributed by atoms with van der Waals surface area (Å²) in [6.45, 7) is 7.67. The van der Waals surface area contributed by atoms with E-state index in [2.05, 4.69) is 30.1 Å². The molecule has 5 nitrogen and oxygen atoms in total. The summed E-state index contributed by atoms with van der Waals surface area (Å²) in [5, 5.41) is 0.961. The minimum atomic E-state index is -0.511. The number of hydrogen-bond acceptors (Lipinski definition) is 6. The van der Waals surface area contributed by atoms with Gasteiger partial charge in [0.2, 0.25) is 0 Å². The van der Waals surface area contributed by atoms with Crippen molar-refractivity contribution >= 4 is 33.6 Å². The third-order valence-electron chi connectivity index (χ3n) is 5.56. The molecule has 0 spiro atoms. The van der Waals surface area contributed by atoms with Gasteiger partial charge in [0.25, 0.3) is 0 Å². The number of para-hydroxylation sites is 1. The number of nitrogens with zero attached hydrogens (tertiary/aromatic N) is 2. The lowest BCUT2D eigenvalue weighted by molar-refractivity contribution is -0.148. The van der Waals surface area contributed by atoms with Gasteiger partial charge in [0.05, 0.1) is 16.3 Å². The van der Waals surface area contributed by atoms with Gasteiger partial charge in [-0.3, -0.25) is 0 Å². The molecule has 0 amide bonds. The zero-order valence-corrected chi connectivity index (χ0v) is 20.6. The SMILES string of the molecule is CN1CCC(OC(c2cccc(/C=C/C(=O)OC(C)(C)C)c2)c2nc3ccccc3s2)CC1. The number of hydrogen-bond donors (Lipinski definition) is 0. The van der Waals surface area contributed by atoms with Crippen LogP contribution in [0.15, 0.2) is 54.6 Å². The maximum Gasteiger partial charge on any atom is 0.331 e. The second-order valence-corrected chi connectivity index (χ2v) is 10.6. The van der Waals surface area contributed by atoms with Crippen molar-refractivity contribution in [3.63, 3.8) is 0 Å². The third-order valence-corrected chi connectivity index (χ3v) is 6.64. The van der Waals surface area contributed by atoms with Crippen LogP contribution in [0, 0.1) is 0 Å². The van der Waals surface area contributed by atoms with Crippen molar-refractivity contribution in [2.45, 2.75) is 51.4 Å². The first-order valence-corrected chi connectivity index (χ1v) is 12.3. The Morgan fingerprint density at radius 3 is 2.64 bits per heavy atom. The lowest BCUT2D eigenvalue weighted by atomic mass is 10.0. The van der Waals surface area contributed by atoms with Gasteiger partial charge < -0.3 is 14.4 Å². The van der Waals surface area contributed by atoms with Crippen LogP contribution in [0.25, 0.3) is 16.3 Å². The normalized spacial score (nSPS) is 17.0. The number of esters is 1. The lowest BCUT2D eigenvalue weighted by Gasteiger charge is -2.31. The van der Waals surface area contributed by atoms with E-state index in [0.29, 0.717) is 0 Å². The molecule has 0 aliphatic carbocycles. The molecule has 174 valence electrons. The van der Waals surface area contributed by atoms with Gasteiger partial charge >= 0.3 is 5.97 Å². The lowest BCUT2D eigenvalue weighted by Crippen LogP contribution is -2.35. The van der Waals surface area contributed by atoms with Crippen molar-refractivity contribution in [3.8, 4) is 0 Å². The van der Waals surface area contributed by atoms with Crippen LogP contribution in [-0.2, 0) is 14.3 Å². The molecule has 0 saturated carbocycles. The Kier molecular flexibility index (Phi) is 7.27. The summed E-state index contributed by atoms with van der Waals surface area (Å²) in [6, 6.07) is 16.3. The summed E-state index contributed by atoms with van der Waals surface area (Å²) in [4.78, 5) is 19.4. The second kappa shape index (κ2) is 10.2. The number of fused-ring (bicyclic) bond motifs is 1. The second-order valence-electron chi connectivity index (χ2n) is 9.58. The number of carbonyl (C=O) groups excluding carboxylic acids is 1. The van der Waals surface area contributed by atoms with Crippen LogP contribution in [0.1, 0.15) is 55.9 Å². The van der Waals surface area contributed by atoms with Crippen LogP contribution in [0.5, 0.6) is 0 Å². The van der Waals surface area contributed by atoms with Crippen molar-refractivity contribution in [2.24, 2.45) is 0 Å². The number of likely N-dealkylation sites (tertiary alicyclic amines) is 1.